The quantitative estimate of drug-likeness (QED) is 0.113. The molecule has 0 radical (unpaired) electrons. The largest absolute Gasteiger partial charge is 0.371 e. The first-order valence-corrected chi connectivity index (χ1v) is 17.5. The maximum atomic E-state index is 4.46. The summed E-state index contributed by atoms with van der Waals surface area (Å²) < 4.78 is 0. The summed E-state index contributed by atoms with van der Waals surface area (Å²) in [5, 5.41) is 41.2. The highest BCUT2D eigenvalue weighted by atomic mass is 15.2. The molecule has 5 aromatic rings. The number of azo groups is 5. The third kappa shape index (κ3) is 11.4. The predicted molar refractivity (Wildman–Crippen MR) is 208 cm³/mol. The molecule has 264 valence electrons. The van der Waals surface area contributed by atoms with Crippen LogP contribution >= 0.6 is 0 Å². The van der Waals surface area contributed by atoms with E-state index < -0.39 is 0 Å². The first-order chi connectivity index (χ1) is 25.5. The fourth-order valence-electron chi connectivity index (χ4n) is 5.32. The van der Waals surface area contributed by atoms with E-state index in [2.05, 4.69) is 99.1 Å². The second-order valence-electron chi connectivity index (χ2n) is 11.9. The molecule has 0 amide bonds. The number of unbranched alkanes of at least 4 members (excludes halogenated alkanes) is 1. The van der Waals surface area contributed by atoms with Crippen molar-refractivity contribution in [3.05, 3.63) is 126 Å². The summed E-state index contributed by atoms with van der Waals surface area (Å²) >= 11 is 0. The molecular formula is C40H44N12. The van der Waals surface area contributed by atoms with Crippen molar-refractivity contribution in [1.29, 1.82) is 0 Å². The van der Waals surface area contributed by atoms with Crippen molar-refractivity contribution in [2.45, 2.75) is 46.5 Å². The average molecular weight is 693 g/mol. The molecule has 0 saturated carbocycles. The third-order valence-electron chi connectivity index (χ3n) is 8.17. The Bertz CT molecular complexity index is 2000. The molecule has 0 N–H and O–H groups in total. The third-order valence-corrected chi connectivity index (χ3v) is 8.17. The molecule has 6 rings (SSSR count). The zero-order valence-corrected chi connectivity index (χ0v) is 30.2. The number of likely N-dealkylation sites (N-methyl/N-ethyl adjacent to an activating group) is 1. The molecule has 0 spiro atoms. The van der Waals surface area contributed by atoms with Gasteiger partial charge in [0.05, 0.1) is 39.8 Å². The molecule has 0 unspecified atom stereocenters. The molecule has 1 aromatic heterocycles. The molecule has 0 bridgehead atoms. The van der Waals surface area contributed by atoms with Crippen LogP contribution in [-0.4, -0.2) is 31.8 Å². The fraction of sp³-hybridized carbons (Fsp3) is 0.275. The van der Waals surface area contributed by atoms with Gasteiger partial charge in [0.15, 0.2) is 6.67 Å². The first kappa shape index (κ1) is 37.1. The molecule has 0 fully saturated rings. The number of pyridine rings is 1. The Morgan fingerprint density at radius 3 is 1.83 bits per heavy atom. The molecule has 0 aliphatic carbocycles. The highest BCUT2D eigenvalue weighted by molar-refractivity contribution is 5.63. The van der Waals surface area contributed by atoms with Gasteiger partial charge in [0.1, 0.15) is 0 Å². The van der Waals surface area contributed by atoms with Crippen molar-refractivity contribution in [2.24, 2.45) is 51.1 Å². The van der Waals surface area contributed by atoms with E-state index in [-0.39, 0.29) is 6.67 Å². The van der Waals surface area contributed by atoms with E-state index in [1.807, 2.05) is 67.6 Å². The Balaban J connectivity index is 0.000000370. The van der Waals surface area contributed by atoms with Gasteiger partial charge < -0.3 is 4.90 Å². The Morgan fingerprint density at radius 2 is 1.19 bits per heavy atom. The topological polar surface area (TPSA) is 140 Å². The van der Waals surface area contributed by atoms with Crippen LogP contribution in [0.25, 0.3) is 0 Å². The molecule has 4 aromatic carbocycles. The van der Waals surface area contributed by atoms with E-state index in [0.29, 0.717) is 0 Å². The Morgan fingerprint density at radius 1 is 0.615 bits per heavy atom. The predicted octanol–water partition coefficient (Wildman–Crippen LogP) is 13.2. The molecule has 1 aliphatic rings. The number of hydrogen-bond acceptors (Lipinski definition) is 12. The van der Waals surface area contributed by atoms with Gasteiger partial charge in [0.25, 0.3) is 0 Å². The molecule has 1 aliphatic heterocycles. The average Bonchev–Trinajstić information content (AvgIpc) is 3.61. The van der Waals surface area contributed by atoms with Gasteiger partial charge in [0.2, 0.25) is 0 Å². The second kappa shape index (κ2) is 19.9. The standard InChI is InChI=1S/C33H35N7.C7H9N5/c1-4-6-7-25-8-10-27(11-9-25)34-35-28-12-14-29(15-13-28)36-39-32-18-16-30(22-24(32)3)37-38-31-17-19-33-26(23-31)20-21-40(33)5-2;1-8-10-6-11-12-7-2-4-9-5-3-7/h8-19,22-23H,4-7,20-21H2,1-3H3;2-5H,6H2,1H3. The molecular weight excluding hydrogens is 649 g/mol. The van der Waals surface area contributed by atoms with Crippen LogP contribution in [-0.2, 0) is 12.8 Å². The van der Waals surface area contributed by atoms with Gasteiger partial charge in [0, 0.05) is 38.2 Å². The molecule has 2 heterocycles. The lowest BCUT2D eigenvalue weighted by molar-refractivity contribution is 0.795. The number of fused-ring (bicyclic) bond motifs is 1. The van der Waals surface area contributed by atoms with Crippen LogP contribution in [0.1, 0.15) is 43.4 Å². The number of nitrogens with zero attached hydrogens (tertiary/aromatic N) is 12. The Labute approximate surface area is 305 Å². The van der Waals surface area contributed by atoms with Gasteiger partial charge >= 0.3 is 0 Å². The summed E-state index contributed by atoms with van der Waals surface area (Å²) in [7, 11) is 1.60. The van der Waals surface area contributed by atoms with E-state index in [1.54, 1.807) is 31.6 Å². The number of rotatable bonds is 13. The number of aromatic nitrogens is 1. The molecule has 0 atom stereocenters. The monoisotopic (exact) mass is 692 g/mol. The van der Waals surface area contributed by atoms with Crippen LogP contribution in [0.3, 0.4) is 0 Å². The summed E-state index contributed by atoms with van der Waals surface area (Å²) in [5.41, 5.74) is 10.6. The molecule has 12 nitrogen and oxygen atoms in total. The van der Waals surface area contributed by atoms with Gasteiger partial charge in [-0.3, -0.25) is 4.98 Å². The number of aryl methyl sites for hydroxylation is 2. The van der Waals surface area contributed by atoms with Crippen molar-refractivity contribution in [3.8, 4) is 0 Å². The molecule has 12 heteroatoms. The van der Waals surface area contributed by atoms with Gasteiger partial charge in [-0.15, -0.1) is 0 Å². The van der Waals surface area contributed by atoms with Crippen LogP contribution in [0.4, 0.5) is 45.5 Å². The van der Waals surface area contributed by atoms with Crippen molar-refractivity contribution in [1.82, 2.24) is 4.98 Å². The van der Waals surface area contributed by atoms with E-state index >= 15 is 0 Å². The smallest absolute Gasteiger partial charge is 0.171 e. The summed E-state index contributed by atoms with van der Waals surface area (Å²) in [4.78, 5) is 6.24. The maximum absolute atomic E-state index is 4.46. The minimum absolute atomic E-state index is 0.277. The maximum Gasteiger partial charge on any atom is 0.171 e. The summed E-state index contributed by atoms with van der Waals surface area (Å²) in [6, 6.07) is 31.5. The first-order valence-electron chi connectivity index (χ1n) is 17.5. The lowest BCUT2D eigenvalue weighted by atomic mass is 10.1. The van der Waals surface area contributed by atoms with Crippen molar-refractivity contribution in [3.63, 3.8) is 0 Å². The second-order valence-corrected chi connectivity index (χ2v) is 11.9. The van der Waals surface area contributed by atoms with Gasteiger partial charge in [-0.2, -0.15) is 51.1 Å². The van der Waals surface area contributed by atoms with Crippen LogP contribution < -0.4 is 4.90 Å². The molecule has 0 saturated heterocycles. The fourth-order valence-corrected chi connectivity index (χ4v) is 5.32. The van der Waals surface area contributed by atoms with Crippen LogP contribution in [0.15, 0.2) is 161 Å². The van der Waals surface area contributed by atoms with Gasteiger partial charge in [-0.25, -0.2) is 0 Å². The number of benzene rings is 4. The normalized spacial score (nSPS) is 12.8. The van der Waals surface area contributed by atoms with Crippen LogP contribution in [0, 0.1) is 6.92 Å². The van der Waals surface area contributed by atoms with E-state index in [4.69, 9.17) is 0 Å². The number of anilines is 1. The van der Waals surface area contributed by atoms with Gasteiger partial charge in [-0.05, 0) is 135 Å². The van der Waals surface area contributed by atoms with Crippen molar-refractivity contribution in [2.75, 3.05) is 31.7 Å². The minimum Gasteiger partial charge on any atom is -0.371 e. The Kier molecular flexibility index (Phi) is 14.2. The van der Waals surface area contributed by atoms with E-state index in [0.717, 1.165) is 71.3 Å². The van der Waals surface area contributed by atoms with Gasteiger partial charge in [-0.1, -0.05) is 25.5 Å². The lowest BCUT2D eigenvalue weighted by Gasteiger charge is -2.16. The van der Waals surface area contributed by atoms with E-state index in [1.165, 1.54) is 29.7 Å². The number of hydrogen-bond donors (Lipinski definition) is 0. The summed E-state index contributed by atoms with van der Waals surface area (Å²) in [6.07, 6.45) is 7.89. The minimum atomic E-state index is 0.277. The highest BCUT2D eigenvalue weighted by Crippen LogP contribution is 2.33. The van der Waals surface area contributed by atoms with E-state index in [9.17, 15) is 0 Å². The summed E-state index contributed by atoms with van der Waals surface area (Å²) in [5.74, 6) is 0. The van der Waals surface area contributed by atoms with Crippen molar-refractivity contribution >= 4 is 45.5 Å². The van der Waals surface area contributed by atoms with Crippen molar-refractivity contribution < 1.29 is 0 Å². The zero-order chi connectivity index (χ0) is 36.4. The zero-order valence-electron chi connectivity index (χ0n) is 30.2. The van der Waals surface area contributed by atoms with Crippen LogP contribution in [0.5, 0.6) is 0 Å². The highest BCUT2D eigenvalue weighted by Gasteiger charge is 2.17. The SMILES string of the molecule is CCCCc1ccc(N=Nc2ccc(N=Nc3ccc(N=Nc4ccc5c(c4)CCN5CC)cc3C)cc2)cc1.CN=NCN=Nc1ccncc1. The Hall–Kier alpha value is -6.17. The molecule has 52 heavy (non-hydrogen) atoms. The van der Waals surface area contributed by atoms with Crippen LogP contribution in [0.2, 0.25) is 0 Å². The lowest BCUT2D eigenvalue weighted by Crippen LogP contribution is -2.18. The summed E-state index contributed by atoms with van der Waals surface area (Å²) in [6.45, 7) is 8.78.